The Labute approximate surface area is 202 Å². The summed E-state index contributed by atoms with van der Waals surface area (Å²) in [5, 5.41) is 4.02. The van der Waals surface area contributed by atoms with Gasteiger partial charge in [0, 0.05) is 38.9 Å². The average molecular weight is 506 g/mol. The van der Waals surface area contributed by atoms with Crippen molar-refractivity contribution in [1.82, 2.24) is 14.9 Å². The maximum absolute atomic E-state index is 12.9. The fourth-order valence-electron chi connectivity index (χ4n) is 4.61. The number of aromatic nitrogens is 2. The molecule has 1 atom stereocenters. The van der Waals surface area contributed by atoms with Crippen molar-refractivity contribution in [2.45, 2.75) is 46.7 Å². The van der Waals surface area contributed by atoms with Gasteiger partial charge < -0.3 is 14.9 Å². The van der Waals surface area contributed by atoms with Gasteiger partial charge in [-0.3, -0.25) is 9.59 Å². The van der Waals surface area contributed by atoms with E-state index < -0.39 is 0 Å². The maximum atomic E-state index is 12.9. The largest absolute Gasteiger partial charge is 0.352 e. The van der Waals surface area contributed by atoms with Crippen LogP contribution in [0.15, 0.2) is 63.9 Å². The van der Waals surface area contributed by atoms with E-state index in [1.54, 1.807) is 0 Å². The van der Waals surface area contributed by atoms with Crippen molar-refractivity contribution in [3.8, 4) is 0 Å². The third kappa shape index (κ3) is 4.67. The van der Waals surface area contributed by atoms with Crippen LogP contribution in [0.25, 0.3) is 10.9 Å². The highest BCUT2D eigenvalue weighted by Crippen LogP contribution is 2.32. The second-order valence-corrected chi connectivity index (χ2v) is 9.49. The summed E-state index contributed by atoms with van der Waals surface area (Å²) in [6, 6.07) is 18.6. The van der Waals surface area contributed by atoms with Crippen molar-refractivity contribution in [1.29, 1.82) is 0 Å². The van der Waals surface area contributed by atoms with Crippen LogP contribution in [0.3, 0.4) is 0 Å². The number of benzene rings is 2. The van der Waals surface area contributed by atoms with E-state index in [9.17, 15) is 9.59 Å². The second-order valence-electron chi connectivity index (χ2n) is 8.58. The highest BCUT2D eigenvalue weighted by atomic mass is 79.9. The number of amides is 1. The van der Waals surface area contributed by atoms with Crippen LogP contribution in [0.1, 0.15) is 46.6 Å². The van der Waals surface area contributed by atoms with Gasteiger partial charge in [0.25, 0.3) is 5.56 Å². The van der Waals surface area contributed by atoms with E-state index in [0.29, 0.717) is 5.56 Å². The minimum absolute atomic E-state index is 0.101. The molecular weight excluding hydrogens is 478 g/mol. The molecule has 2 N–H and O–H groups in total. The fraction of sp³-hybridized carbons (Fsp3) is 0.259. The number of aromatic amines is 1. The van der Waals surface area contributed by atoms with Gasteiger partial charge in [-0.1, -0.05) is 46.3 Å². The van der Waals surface area contributed by atoms with Crippen LogP contribution >= 0.6 is 15.9 Å². The lowest BCUT2D eigenvalue weighted by molar-refractivity contribution is -0.120. The Bertz CT molecular complexity index is 1400. The first kappa shape index (κ1) is 23.1. The van der Waals surface area contributed by atoms with Crippen LogP contribution < -0.4 is 10.9 Å². The summed E-state index contributed by atoms with van der Waals surface area (Å²) in [4.78, 5) is 28.0. The minimum Gasteiger partial charge on any atom is -0.352 e. The Kier molecular flexibility index (Phi) is 6.56. The van der Waals surface area contributed by atoms with Gasteiger partial charge in [0.05, 0.1) is 12.5 Å². The van der Waals surface area contributed by atoms with Crippen molar-refractivity contribution in [3.05, 3.63) is 103 Å². The Morgan fingerprint density at radius 3 is 2.55 bits per heavy atom. The number of nitrogens with zero attached hydrogens (tertiary/aromatic N) is 1. The molecule has 1 unspecified atom stereocenters. The maximum Gasteiger partial charge on any atom is 0.253 e. The number of carbonyl (C=O) groups is 1. The van der Waals surface area contributed by atoms with E-state index in [-0.39, 0.29) is 30.5 Å². The third-order valence-corrected chi connectivity index (χ3v) is 6.79. The normalized spacial score (nSPS) is 12.2. The molecule has 6 heteroatoms. The van der Waals surface area contributed by atoms with Crippen molar-refractivity contribution in [2.75, 3.05) is 0 Å². The molecule has 2 aromatic carbocycles. The molecule has 0 saturated carbocycles. The first-order valence-corrected chi connectivity index (χ1v) is 11.9. The Morgan fingerprint density at radius 2 is 1.82 bits per heavy atom. The summed E-state index contributed by atoms with van der Waals surface area (Å²) >= 11 is 3.57. The summed E-state index contributed by atoms with van der Waals surface area (Å²) in [5.41, 5.74) is 6.53. The summed E-state index contributed by atoms with van der Waals surface area (Å²) in [5.74, 6) is -0.101. The number of nitrogens with one attached hydrogen (secondary N) is 2. The molecule has 33 heavy (non-hydrogen) atoms. The zero-order valence-electron chi connectivity index (χ0n) is 19.3. The van der Waals surface area contributed by atoms with Crippen molar-refractivity contribution >= 4 is 32.7 Å². The molecule has 2 aromatic heterocycles. The number of pyridine rings is 1. The number of hydrogen-bond acceptors (Lipinski definition) is 2. The zero-order valence-corrected chi connectivity index (χ0v) is 20.9. The molecule has 4 rings (SSSR count). The van der Waals surface area contributed by atoms with Gasteiger partial charge in [-0.2, -0.15) is 0 Å². The molecule has 0 spiro atoms. The molecule has 0 fully saturated rings. The van der Waals surface area contributed by atoms with Crippen LogP contribution in [0.4, 0.5) is 0 Å². The summed E-state index contributed by atoms with van der Waals surface area (Å²) in [7, 11) is 0. The molecule has 0 radical (unpaired) electrons. The molecule has 170 valence electrons. The van der Waals surface area contributed by atoms with Gasteiger partial charge in [0.2, 0.25) is 5.91 Å². The predicted molar refractivity (Wildman–Crippen MR) is 137 cm³/mol. The first-order chi connectivity index (χ1) is 15.8. The van der Waals surface area contributed by atoms with E-state index in [1.807, 2.05) is 44.2 Å². The average Bonchev–Trinajstić information content (AvgIpc) is 3.04. The summed E-state index contributed by atoms with van der Waals surface area (Å²) in [6.07, 6.45) is 0.257. The topological polar surface area (TPSA) is 66.9 Å². The predicted octanol–water partition coefficient (Wildman–Crippen LogP) is 5.49. The molecule has 2 heterocycles. The van der Waals surface area contributed by atoms with Crippen LogP contribution in [0.5, 0.6) is 0 Å². The van der Waals surface area contributed by atoms with Gasteiger partial charge >= 0.3 is 0 Å². The lowest BCUT2D eigenvalue weighted by Gasteiger charge is -2.19. The van der Waals surface area contributed by atoms with Gasteiger partial charge in [0.15, 0.2) is 0 Å². The molecule has 0 bridgehead atoms. The van der Waals surface area contributed by atoms with Crippen LogP contribution in [-0.2, 0) is 17.8 Å². The molecule has 0 aliphatic heterocycles. The first-order valence-electron chi connectivity index (χ1n) is 11.1. The second kappa shape index (κ2) is 9.40. The van der Waals surface area contributed by atoms with Crippen molar-refractivity contribution < 1.29 is 4.79 Å². The van der Waals surface area contributed by atoms with Crippen molar-refractivity contribution in [3.63, 3.8) is 0 Å². The van der Waals surface area contributed by atoms with E-state index in [4.69, 9.17) is 0 Å². The lowest BCUT2D eigenvalue weighted by Crippen LogP contribution is -2.29. The molecule has 0 saturated heterocycles. The molecule has 1 amide bonds. The van der Waals surface area contributed by atoms with Gasteiger partial charge in [-0.25, -0.2) is 0 Å². The van der Waals surface area contributed by atoms with E-state index in [1.165, 1.54) is 5.56 Å². The number of carbonyl (C=O) groups excluding carboxylic acids is 1. The Morgan fingerprint density at radius 1 is 1.06 bits per heavy atom. The lowest BCUT2D eigenvalue weighted by atomic mass is 10.1. The number of halogens is 1. The molecular formula is C27H28BrN3O2. The molecule has 0 aliphatic carbocycles. The number of hydrogen-bond donors (Lipinski definition) is 2. The van der Waals surface area contributed by atoms with E-state index in [2.05, 4.69) is 68.9 Å². The number of fused-ring (bicyclic) bond motifs is 1. The van der Waals surface area contributed by atoms with Crippen LogP contribution in [-0.4, -0.2) is 15.5 Å². The SMILES string of the molecule is Cc1cc(C)c(CNC(=O)Cc2c(C)n(C(C)c3cccc(Br)c3)c3ccccc23)c(=O)[nH]1. The molecule has 4 aromatic rings. The van der Waals surface area contributed by atoms with Crippen LogP contribution in [0.2, 0.25) is 0 Å². The number of H-pyrrole nitrogens is 1. The number of para-hydroxylation sites is 1. The van der Waals surface area contributed by atoms with Crippen molar-refractivity contribution in [2.24, 2.45) is 0 Å². The van der Waals surface area contributed by atoms with E-state index >= 15 is 0 Å². The Balaban J connectivity index is 1.63. The monoisotopic (exact) mass is 505 g/mol. The quantitative estimate of drug-likeness (QED) is 0.364. The highest BCUT2D eigenvalue weighted by molar-refractivity contribution is 9.10. The standard InChI is InChI=1S/C27H28BrN3O2/c1-16-12-17(2)30-27(33)24(16)15-29-26(32)14-23-19(4)31(25-11-6-5-10-22(23)25)18(3)20-8-7-9-21(28)13-20/h5-13,18H,14-15H2,1-4H3,(H,29,32)(H,30,33). The van der Waals surface area contributed by atoms with Gasteiger partial charge in [0.1, 0.15) is 0 Å². The van der Waals surface area contributed by atoms with Crippen LogP contribution in [0, 0.1) is 20.8 Å². The highest BCUT2D eigenvalue weighted by Gasteiger charge is 2.20. The summed E-state index contributed by atoms with van der Waals surface area (Å²) < 4.78 is 3.34. The smallest absolute Gasteiger partial charge is 0.253 e. The third-order valence-electron chi connectivity index (χ3n) is 6.30. The number of rotatable bonds is 6. The minimum atomic E-state index is -0.150. The van der Waals surface area contributed by atoms with Gasteiger partial charge in [-0.15, -0.1) is 0 Å². The van der Waals surface area contributed by atoms with E-state index in [0.717, 1.165) is 37.9 Å². The van der Waals surface area contributed by atoms with Gasteiger partial charge in [-0.05, 0) is 68.7 Å². The number of aryl methyl sites for hydroxylation is 2. The Hall–Kier alpha value is -3.12. The fourth-order valence-corrected chi connectivity index (χ4v) is 5.03. The zero-order chi connectivity index (χ0) is 23.7. The molecule has 5 nitrogen and oxygen atoms in total. The molecule has 0 aliphatic rings. The summed E-state index contributed by atoms with van der Waals surface area (Å²) in [6.45, 7) is 8.21.